The molecule has 7 heteroatoms. The number of primary amides is 1. The Balaban J connectivity index is 1.95. The highest BCUT2D eigenvalue weighted by Crippen LogP contribution is 2.36. The van der Waals surface area contributed by atoms with Crippen molar-refractivity contribution in [2.45, 2.75) is 48.4 Å². The highest BCUT2D eigenvalue weighted by atomic mass is 35.5. The molecule has 4 rings (SSSR count). The minimum atomic E-state index is -3.96. The molecule has 0 radical (unpaired) electrons. The second kappa shape index (κ2) is 7.84. The topological polar surface area (TPSA) is 82.2 Å². The minimum absolute atomic E-state index is 0.0151. The van der Waals surface area contributed by atoms with Crippen molar-refractivity contribution in [2.24, 2.45) is 11.7 Å². The second-order valence-corrected chi connectivity index (χ2v) is 9.95. The lowest BCUT2D eigenvalue weighted by atomic mass is 9.89. The molecule has 0 spiro atoms. The molecular weight excluding hydrogens is 408 g/mol. The van der Waals surface area contributed by atoms with Gasteiger partial charge in [0.1, 0.15) is 10.6 Å². The lowest BCUT2D eigenvalue weighted by Crippen LogP contribution is -2.23. The molecule has 1 aliphatic carbocycles. The molecule has 1 heterocycles. The number of sulfone groups is 1. The average molecular weight is 431 g/mol. The minimum Gasteiger partial charge on any atom is -0.364 e. The van der Waals surface area contributed by atoms with E-state index >= 15 is 0 Å². The van der Waals surface area contributed by atoms with E-state index in [2.05, 4.69) is 0 Å². The fourth-order valence-corrected chi connectivity index (χ4v) is 6.12. The molecule has 3 aromatic rings. The molecule has 2 N–H and O–H groups in total. The normalized spacial score (nSPS) is 15.6. The predicted octanol–water partition coefficient (Wildman–Crippen LogP) is 4.81. The summed E-state index contributed by atoms with van der Waals surface area (Å²) in [5.41, 5.74) is 6.52. The maximum Gasteiger partial charge on any atom is 0.266 e. The van der Waals surface area contributed by atoms with Crippen LogP contribution in [0.15, 0.2) is 58.3 Å². The number of para-hydroxylation sites is 1. The number of hydrogen-bond acceptors (Lipinski definition) is 3. The lowest BCUT2D eigenvalue weighted by Gasteiger charge is -2.23. The van der Waals surface area contributed by atoms with Crippen molar-refractivity contribution < 1.29 is 13.2 Å². The van der Waals surface area contributed by atoms with Gasteiger partial charge in [-0.05, 0) is 49.1 Å². The number of amides is 1. The number of carbonyl (C=O) groups excluding carboxylic acids is 1. The smallest absolute Gasteiger partial charge is 0.266 e. The summed E-state index contributed by atoms with van der Waals surface area (Å²) in [7, 11) is -3.96. The highest BCUT2D eigenvalue weighted by molar-refractivity contribution is 7.91. The van der Waals surface area contributed by atoms with Gasteiger partial charge in [0.25, 0.3) is 5.91 Å². The van der Waals surface area contributed by atoms with E-state index in [1.165, 1.54) is 30.7 Å². The third kappa shape index (κ3) is 3.67. The Bertz CT molecular complexity index is 1160. The maximum absolute atomic E-state index is 13.5. The molecule has 0 bridgehead atoms. The first-order valence-electron chi connectivity index (χ1n) is 9.81. The van der Waals surface area contributed by atoms with E-state index in [4.69, 9.17) is 17.3 Å². The number of carbonyl (C=O) groups is 1. The molecule has 0 unspecified atom stereocenters. The zero-order chi connectivity index (χ0) is 20.6. The lowest BCUT2D eigenvalue weighted by molar-refractivity contribution is 0.0987. The van der Waals surface area contributed by atoms with Crippen molar-refractivity contribution in [3.63, 3.8) is 0 Å². The van der Waals surface area contributed by atoms with Crippen LogP contribution in [-0.2, 0) is 16.4 Å². The van der Waals surface area contributed by atoms with Crippen LogP contribution in [0.25, 0.3) is 10.9 Å². The van der Waals surface area contributed by atoms with Gasteiger partial charge in [-0.25, -0.2) is 8.42 Å². The van der Waals surface area contributed by atoms with E-state index in [-0.39, 0.29) is 15.5 Å². The van der Waals surface area contributed by atoms with E-state index in [1.54, 1.807) is 12.1 Å². The molecule has 5 nitrogen and oxygen atoms in total. The van der Waals surface area contributed by atoms with Gasteiger partial charge in [0, 0.05) is 22.5 Å². The summed E-state index contributed by atoms with van der Waals surface area (Å²) in [6, 6.07) is 13.2. The van der Waals surface area contributed by atoms with Crippen LogP contribution >= 0.6 is 11.6 Å². The van der Waals surface area contributed by atoms with Crippen molar-refractivity contribution in [1.29, 1.82) is 0 Å². The van der Waals surface area contributed by atoms with Gasteiger partial charge in [0.2, 0.25) is 9.84 Å². The van der Waals surface area contributed by atoms with Crippen molar-refractivity contribution in [1.82, 2.24) is 4.57 Å². The number of aromatic nitrogens is 1. The molecule has 0 saturated heterocycles. The van der Waals surface area contributed by atoms with Gasteiger partial charge in [0.05, 0.1) is 4.90 Å². The molecule has 2 aromatic carbocycles. The Kier molecular flexibility index (Phi) is 5.40. The first-order valence-corrected chi connectivity index (χ1v) is 11.7. The number of halogens is 1. The van der Waals surface area contributed by atoms with Crippen LogP contribution < -0.4 is 5.73 Å². The van der Waals surface area contributed by atoms with Crippen molar-refractivity contribution >= 4 is 38.2 Å². The number of rotatable bonds is 5. The molecule has 1 saturated carbocycles. The molecule has 29 heavy (non-hydrogen) atoms. The monoisotopic (exact) mass is 430 g/mol. The first kappa shape index (κ1) is 20.0. The Morgan fingerprint density at radius 3 is 2.34 bits per heavy atom. The third-order valence-corrected chi connectivity index (χ3v) is 7.81. The summed E-state index contributed by atoms with van der Waals surface area (Å²) < 4.78 is 28.9. The molecule has 0 atom stereocenters. The maximum atomic E-state index is 13.5. The number of nitrogens with zero attached hydrogens (tertiary/aromatic N) is 1. The van der Waals surface area contributed by atoms with Gasteiger partial charge in [0.15, 0.2) is 0 Å². The molecule has 0 aliphatic heterocycles. The fraction of sp³-hybridized carbons (Fsp3) is 0.318. The second-order valence-electron chi connectivity index (χ2n) is 7.63. The molecule has 1 fully saturated rings. The van der Waals surface area contributed by atoms with Crippen molar-refractivity contribution in [3.8, 4) is 0 Å². The number of fused-ring (bicyclic) bond motifs is 1. The third-order valence-electron chi connectivity index (χ3n) is 5.72. The molecule has 1 aliphatic rings. The van der Waals surface area contributed by atoms with Gasteiger partial charge >= 0.3 is 0 Å². The Morgan fingerprint density at radius 1 is 1.03 bits per heavy atom. The van der Waals surface area contributed by atoms with Crippen LogP contribution in [-0.4, -0.2) is 18.9 Å². The highest BCUT2D eigenvalue weighted by Gasteiger charge is 2.32. The summed E-state index contributed by atoms with van der Waals surface area (Å²) in [4.78, 5) is 12.6. The van der Waals surface area contributed by atoms with E-state index in [9.17, 15) is 13.2 Å². The molecule has 1 aromatic heterocycles. The van der Waals surface area contributed by atoms with Gasteiger partial charge in [-0.15, -0.1) is 0 Å². The molecular formula is C22H23ClN2O3S. The molecule has 152 valence electrons. The fourth-order valence-electron chi connectivity index (χ4n) is 4.34. The SMILES string of the molecule is NC(=O)c1c(S(=O)(=O)c2ccc(Cl)cc2)c2ccccc2n1CC1CCCCC1. The van der Waals surface area contributed by atoms with Crippen LogP contribution in [0.5, 0.6) is 0 Å². The zero-order valence-corrected chi connectivity index (χ0v) is 17.5. The van der Waals surface area contributed by atoms with Gasteiger partial charge < -0.3 is 10.3 Å². The van der Waals surface area contributed by atoms with Crippen LogP contribution in [0.2, 0.25) is 5.02 Å². The summed E-state index contributed by atoms with van der Waals surface area (Å²) in [6.45, 7) is 0.592. The largest absolute Gasteiger partial charge is 0.364 e. The summed E-state index contributed by atoms with van der Waals surface area (Å²) in [5.74, 6) is -0.326. The van der Waals surface area contributed by atoms with E-state index in [0.717, 1.165) is 31.2 Å². The summed E-state index contributed by atoms with van der Waals surface area (Å²) >= 11 is 5.92. The Hall–Kier alpha value is -2.31. The van der Waals surface area contributed by atoms with Gasteiger partial charge in [-0.1, -0.05) is 49.1 Å². The van der Waals surface area contributed by atoms with Crippen molar-refractivity contribution in [3.05, 3.63) is 59.2 Å². The Morgan fingerprint density at radius 2 is 1.69 bits per heavy atom. The van der Waals surface area contributed by atoms with Crippen LogP contribution in [0.3, 0.4) is 0 Å². The van der Waals surface area contributed by atoms with E-state index in [0.29, 0.717) is 22.9 Å². The number of benzene rings is 2. The van der Waals surface area contributed by atoms with E-state index < -0.39 is 15.7 Å². The number of hydrogen-bond donors (Lipinski definition) is 1. The summed E-state index contributed by atoms with van der Waals surface area (Å²) in [5, 5.41) is 0.964. The standard InChI is InChI=1S/C22H23ClN2O3S/c23-16-10-12-17(13-11-16)29(27,28)21-18-8-4-5-9-19(18)25(20(21)22(24)26)14-15-6-2-1-3-7-15/h4-5,8-13,15H,1-3,6-7,14H2,(H2,24,26). The quantitative estimate of drug-likeness (QED) is 0.630. The van der Waals surface area contributed by atoms with Gasteiger partial charge in [-0.2, -0.15) is 0 Å². The van der Waals surface area contributed by atoms with E-state index in [1.807, 2.05) is 16.7 Å². The van der Waals surface area contributed by atoms with Crippen molar-refractivity contribution in [2.75, 3.05) is 0 Å². The average Bonchev–Trinajstić information content (AvgIpc) is 3.04. The first-order chi connectivity index (χ1) is 13.9. The Labute approximate surface area is 175 Å². The van der Waals surface area contributed by atoms with Crippen LogP contribution in [0, 0.1) is 5.92 Å². The van der Waals surface area contributed by atoms with Crippen LogP contribution in [0.4, 0.5) is 0 Å². The summed E-state index contributed by atoms with van der Waals surface area (Å²) in [6.07, 6.45) is 5.69. The van der Waals surface area contributed by atoms with Gasteiger partial charge in [-0.3, -0.25) is 4.79 Å². The number of nitrogens with two attached hydrogens (primary N) is 1. The molecule has 1 amide bonds. The predicted molar refractivity (Wildman–Crippen MR) is 114 cm³/mol. The van der Waals surface area contributed by atoms with Crippen LogP contribution in [0.1, 0.15) is 42.6 Å². The zero-order valence-electron chi connectivity index (χ0n) is 16.0.